The Hall–Kier alpha value is -2.87. The minimum Gasteiger partial charge on any atom is -0.392 e. The van der Waals surface area contributed by atoms with Crippen molar-refractivity contribution >= 4 is 28.2 Å². The standard InChI is InChI=1S/C18H19F2N5O/c1-10(2)23-18-13-7-16(25-15-5-11(9-26)3-4-21-15)22-8-12(13)6-14(24-18)17(19)20/h3-8,10,17,26H,9H2,1-2H3,(H,23,24)(H,21,22,25). The molecular formula is C18H19F2N5O. The maximum Gasteiger partial charge on any atom is 0.280 e. The molecule has 3 heterocycles. The van der Waals surface area contributed by atoms with E-state index >= 15 is 0 Å². The van der Waals surface area contributed by atoms with Crippen LogP contribution in [-0.4, -0.2) is 26.1 Å². The van der Waals surface area contributed by atoms with E-state index in [-0.39, 0.29) is 18.3 Å². The normalized spacial score (nSPS) is 11.3. The second kappa shape index (κ2) is 7.57. The number of fused-ring (bicyclic) bond motifs is 1. The summed E-state index contributed by atoms with van der Waals surface area (Å²) in [6.45, 7) is 3.73. The van der Waals surface area contributed by atoms with Crippen LogP contribution < -0.4 is 10.6 Å². The van der Waals surface area contributed by atoms with Gasteiger partial charge in [0.25, 0.3) is 6.43 Å². The lowest BCUT2D eigenvalue weighted by Gasteiger charge is -2.14. The number of nitrogens with zero attached hydrogens (tertiary/aromatic N) is 3. The molecule has 0 saturated heterocycles. The number of aliphatic hydroxyl groups excluding tert-OH is 1. The number of halogens is 2. The van der Waals surface area contributed by atoms with Crippen LogP contribution in [-0.2, 0) is 6.61 Å². The number of pyridine rings is 3. The minimum absolute atomic E-state index is 0.0334. The lowest BCUT2D eigenvalue weighted by Crippen LogP contribution is -2.12. The topological polar surface area (TPSA) is 83.0 Å². The Balaban J connectivity index is 2.01. The fourth-order valence-electron chi connectivity index (χ4n) is 2.50. The second-order valence-corrected chi connectivity index (χ2v) is 6.12. The van der Waals surface area contributed by atoms with Crippen molar-refractivity contribution in [3.8, 4) is 0 Å². The molecule has 0 saturated carbocycles. The van der Waals surface area contributed by atoms with Crippen molar-refractivity contribution in [2.75, 3.05) is 10.6 Å². The monoisotopic (exact) mass is 359 g/mol. The van der Waals surface area contributed by atoms with Crippen LogP contribution in [0.4, 0.5) is 26.2 Å². The maximum absolute atomic E-state index is 13.1. The quantitative estimate of drug-likeness (QED) is 0.617. The molecule has 3 aromatic rings. The lowest BCUT2D eigenvalue weighted by molar-refractivity contribution is 0.146. The molecule has 0 aliphatic carbocycles. The summed E-state index contributed by atoms with van der Waals surface area (Å²) in [5.41, 5.74) is 0.425. The number of aliphatic hydroxyl groups is 1. The van der Waals surface area contributed by atoms with E-state index < -0.39 is 6.43 Å². The van der Waals surface area contributed by atoms with Crippen LogP contribution in [0.25, 0.3) is 10.8 Å². The molecule has 0 bridgehead atoms. The maximum atomic E-state index is 13.1. The highest BCUT2D eigenvalue weighted by Crippen LogP contribution is 2.29. The van der Waals surface area contributed by atoms with Gasteiger partial charge >= 0.3 is 0 Å². The summed E-state index contributed by atoms with van der Waals surface area (Å²) >= 11 is 0. The Kier molecular flexibility index (Phi) is 5.22. The van der Waals surface area contributed by atoms with Crippen molar-refractivity contribution in [1.29, 1.82) is 0 Å². The Morgan fingerprint density at radius 2 is 1.88 bits per heavy atom. The number of hydrogen-bond donors (Lipinski definition) is 3. The number of anilines is 3. The van der Waals surface area contributed by atoms with Gasteiger partial charge in [-0.1, -0.05) is 0 Å². The molecule has 0 atom stereocenters. The summed E-state index contributed by atoms with van der Waals surface area (Å²) in [7, 11) is 0. The summed E-state index contributed by atoms with van der Waals surface area (Å²) in [6.07, 6.45) is 0.444. The number of aromatic nitrogens is 3. The molecule has 3 rings (SSSR count). The fourth-order valence-corrected chi connectivity index (χ4v) is 2.50. The van der Waals surface area contributed by atoms with Crippen LogP contribution in [0.1, 0.15) is 31.5 Å². The largest absolute Gasteiger partial charge is 0.392 e. The fraction of sp³-hybridized carbons (Fsp3) is 0.278. The molecule has 0 spiro atoms. The summed E-state index contributed by atoms with van der Waals surface area (Å²) in [6, 6.07) is 6.52. The zero-order valence-electron chi connectivity index (χ0n) is 14.4. The number of hydrogen-bond acceptors (Lipinski definition) is 6. The van der Waals surface area contributed by atoms with Gasteiger partial charge in [-0.15, -0.1) is 0 Å². The van der Waals surface area contributed by atoms with Gasteiger partial charge in [0.05, 0.1) is 6.61 Å². The molecule has 0 aliphatic rings. The highest BCUT2D eigenvalue weighted by molar-refractivity contribution is 5.93. The highest BCUT2D eigenvalue weighted by Gasteiger charge is 2.15. The van der Waals surface area contributed by atoms with Gasteiger partial charge in [-0.2, -0.15) is 0 Å². The first-order valence-electron chi connectivity index (χ1n) is 8.14. The van der Waals surface area contributed by atoms with Crippen molar-refractivity contribution < 1.29 is 13.9 Å². The first-order chi connectivity index (χ1) is 12.5. The van der Waals surface area contributed by atoms with Gasteiger partial charge in [0.1, 0.15) is 23.1 Å². The van der Waals surface area contributed by atoms with Gasteiger partial charge in [-0.25, -0.2) is 23.7 Å². The van der Waals surface area contributed by atoms with Crippen molar-refractivity contribution in [2.45, 2.75) is 32.9 Å². The van der Waals surface area contributed by atoms with Crippen LogP contribution in [0.2, 0.25) is 0 Å². The molecule has 0 aromatic carbocycles. The summed E-state index contributed by atoms with van der Waals surface area (Å²) in [5.74, 6) is 1.41. The molecule has 0 unspecified atom stereocenters. The zero-order chi connectivity index (χ0) is 18.7. The van der Waals surface area contributed by atoms with E-state index in [4.69, 9.17) is 0 Å². The Morgan fingerprint density at radius 1 is 1.12 bits per heavy atom. The molecule has 3 N–H and O–H groups in total. The van der Waals surface area contributed by atoms with E-state index in [0.717, 1.165) is 0 Å². The molecule has 26 heavy (non-hydrogen) atoms. The van der Waals surface area contributed by atoms with E-state index in [2.05, 4.69) is 25.6 Å². The van der Waals surface area contributed by atoms with Crippen LogP contribution in [0, 0.1) is 0 Å². The summed E-state index contributed by atoms with van der Waals surface area (Å²) < 4.78 is 26.2. The molecule has 0 amide bonds. The third-order valence-corrected chi connectivity index (χ3v) is 3.65. The van der Waals surface area contributed by atoms with Crippen molar-refractivity contribution in [1.82, 2.24) is 15.0 Å². The van der Waals surface area contributed by atoms with E-state index in [1.165, 1.54) is 12.3 Å². The van der Waals surface area contributed by atoms with E-state index in [9.17, 15) is 13.9 Å². The molecule has 0 fully saturated rings. The number of nitrogens with one attached hydrogen (secondary N) is 2. The van der Waals surface area contributed by atoms with Crippen molar-refractivity contribution in [3.63, 3.8) is 0 Å². The molecule has 0 aliphatic heterocycles. The molecular weight excluding hydrogens is 340 g/mol. The second-order valence-electron chi connectivity index (χ2n) is 6.12. The Bertz CT molecular complexity index is 917. The Labute approximate surface area is 149 Å². The molecule has 6 nitrogen and oxygen atoms in total. The van der Waals surface area contributed by atoms with Gasteiger partial charge in [0.15, 0.2) is 0 Å². The average Bonchev–Trinajstić information content (AvgIpc) is 2.61. The van der Waals surface area contributed by atoms with Gasteiger partial charge in [-0.05, 0) is 43.7 Å². The van der Waals surface area contributed by atoms with Gasteiger partial charge in [-0.3, -0.25) is 0 Å². The van der Waals surface area contributed by atoms with Crippen molar-refractivity contribution in [3.05, 3.63) is 47.9 Å². The smallest absolute Gasteiger partial charge is 0.280 e. The predicted octanol–water partition coefficient (Wildman–Crippen LogP) is 4.02. The van der Waals surface area contributed by atoms with Gasteiger partial charge < -0.3 is 15.7 Å². The number of alkyl halides is 2. The van der Waals surface area contributed by atoms with Gasteiger partial charge in [0.2, 0.25) is 0 Å². The van der Waals surface area contributed by atoms with Crippen LogP contribution in [0.3, 0.4) is 0 Å². The third kappa shape index (κ3) is 4.02. The van der Waals surface area contributed by atoms with Crippen molar-refractivity contribution in [2.24, 2.45) is 0 Å². The molecule has 3 aromatic heterocycles. The average molecular weight is 359 g/mol. The lowest BCUT2D eigenvalue weighted by atomic mass is 10.1. The van der Waals surface area contributed by atoms with Crippen LogP contribution in [0.15, 0.2) is 36.7 Å². The summed E-state index contributed by atoms with van der Waals surface area (Å²) in [5, 5.41) is 16.6. The Morgan fingerprint density at radius 3 is 2.58 bits per heavy atom. The zero-order valence-corrected chi connectivity index (χ0v) is 14.4. The predicted molar refractivity (Wildman–Crippen MR) is 96.7 cm³/mol. The summed E-state index contributed by atoms with van der Waals surface area (Å²) in [4.78, 5) is 12.5. The van der Waals surface area contributed by atoms with Crippen LogP contribution in [0.5, 0.6) is 0 Å². The van der Waals surface area contributed by atoms with Crippen LogP contribution >= 0.6 is 0 Å². The molecule has 0 radical (unpaired) electrons. The van der Waals surface area contributed by atoms with E-state index in [0.29, 0.717) is 33.8 Å². The molecule has 136 valence electrons. The first-order valence-corrected chi connectivity index (χ1v) is 8.14. The van der Waals surface area contributed by atoms with Gasteiger partial charge in [0, 0.05) is 29.2 Å². The van der Waals surface area contributed by atoms with E-state index in [1.807, 2.05) is 13.8 Å². The number of rotatable bonds is 6. The minimum atomic E-state index is -2.66. The molecule has 8 heteroatoms. The first kappa shape index (κ1) is 17.9. The third-order valence-electron chi connectivity index (χ3n) is 3.65. The van der Waals surface area contributed by atoms with E-state index in [1.54, 1.807) is 24.4 Å². The SMILES string of the molecule is CC(C)Nc1nc(C(F)F)cc2cnc(Nc3cc(CO)ccn3)cc12. The highest BCUT2D eigenvalue weighted by atomic mass is 19.3.